The van der Waals surface area contributed by atoms with Gasteiger partial charge in [0.25, 0.3) is 5.56 Å². The smallest absolute Gasteiger partial charge is 0.347 e. The van der Waals surface area contributed by atoms with Crippen molar-refractivity contribution in [2.24, 2.45) is 0 Å². The van der Waals surface area contributed by atoms with Gasteiger partial charge in [0.05, 0.1) is 24.3 Å². The number of H-pyrrole nitrogens is 1. The van der Waals surface area contributed by atoms with Gasteiger partial charge >= 0.3 is 5.97 Å². The lowest BCUT2D eigenvalue weighted by Crippen LogP contribution is -2.20. The van der Waals surface area contributed by atoms with Gasteiger partial charge in [-0.2, -0.15) is 0 Å². The molecule has 0 unspecified atom stereocenters. The Bertz CT molecular complexity index is 1430. The standard InChI is InChI=1S/C25H20ClNO6/c1-3-33-25(31)21-23(29)17-11-16(18(26)12-19(17)27-24(21)30)14-9-7-13(8-10-14)15-5-4-6-20(32-2)22(15)28/h4-12,28H,3H2,1-2H3,(H2,27,29,30). The highest BCUT2D eigenvalue weighted by molar-refractivity contribution is 6.34. The number of carbonyl (C=O) groups excluding carboxylic acids is 1. The molecule has 4 aromatic rings. The normalized spacial score (nSPS) is 10.9. The quantitative estimate of drug-likeness (QED) is 0.353. The molecule has 0 saturated heterocycles. The fraction of sp³-hybridized carbons (Fsp3) is 0.120. The van der Waals surface area contributed by atoms with Gasteiger partial charge in [0, 0.05) is 16.5 Å². The lowest BCUT2D eigenvalue weighted by molar-refractivity contribution is 0.0521. The maximum atomic E-state index is 12.3. The number of rotatable bonds is 5. The maximum Gasteiger partial charge on any atom is 0.347 e. The minimum atomic E-state index is -0.905. The number of esters is 1. The van der Waals surface area contributed by atoms with E-state index in [9.17, 15) is 19.8 Å². The van der Waals surface area contributed by atoms with Crippen LogP contribution in [0.1, 0.15) is 17.3 Å². The molecular formula is C25H20ClNO6. The number of hydrogen-bond acceptors (Lipinski definition) is 6. The lowest BCUT2D eigenvalue weighted by atomic mass is 9.98. The zero-order chi connectivity index (χ0) is 23.7. The van der Waals surface area contributed by atoms with Crippen molar-refractivity contribution in [2.75, 3.05) is 13.7 Å². The molecule has 0 fully saturated rings. The SMILES string of the molecule is CCOC(=O)c1c(O)c2cc(-c3ccc(-c4cccc(OC)c4O)cc3)c(Cl)cc2[nH]c1=O. The molecular weight excluding hydrogens is 446 g/mol. The van der Waals surface area contributed by atoms with E-state index in [-0.39, 0.29) is 23.3 Å². The number of nitrogens with one attached hydrogen (secondary N) is 1. The first kappa shape index (κ1) is 22.2. The molecule has 3 N–H and O–H groups in total. The number of carbonyl (C=O) groups is 1. The van der Waals surface area contributed by atoms with E-state index in [0.29, 0.717) is 21.9 Å². The van der Waals surface area contributed by atoms with Crippen LogP contribution in [0.3, 0.4) is 0 Å². The minimum absolute atomic E-state index is 0.0388. The average Bonchev–Trinajstić information content (AvgIpc) is 2.79. The summed E-state index contributed by atoms with van der Waals surface area (Å²) < 4.78 is 10.1. The highest BCUT2D eigenvalue weighted by Gasteiger charge is 2.21. The van der Waals surface area contributed by atoms with E-state index in [2.05, 4.69) is 4.98 Å². The van der Waals surface area contributed by atoms with Crippen molar-refractivity contribution in [1.29, 1.82) is 0 Å². The highest BCUT2D eigenvalue weighted by Crippen LogP contribution is 2.39. The first-order chi connectivity index (χ1) is 15.8. The van der Waals surface area contributed by atoms with Gasteiger partial charge in [-0.3, -0.25) is 4.79 Å². The number of para-hydroxylation sites is 1. The van der Waals surface area contributed by atoms with Crippen molar-refractivity contribution in [3.8, 4) is 39.5 Å². The Morgan fingerprint density at radius 1 is 1.00 bits per heavy atom. The largest absolute Gasteiger partial charge is 0.506 e. The summed E-state index contributed by atoms with van der Waals surface area (Å²) in [5.41, 5.74) is 1.77. The molecule has 1 heterocycles. The minimum Gasteiger partial charge on any atom is -0.506 e. The van der Waals surface area contributed by atoms with Crippen LogP contribution in [0, 0.1) is 0 Å². The van der Waals surface area contributed by atoms with Gasteiger partial charge in [0.2, 0.25) is 0 Å². The van der Waals surface area contributed by atoms with E-state index < -0.39 is 22.8 Å². The van der Waals surface area contributed by atoms with Crippen molar-refractivity contribution in [3.63, 3.8) is 0 Å². The molecule has 0 bridgehead atoms. The zero-order valence-electron chi connectivity index (χ0n) is 17.8. The van der Waals surface area contributed by atoms with Crippen molar-refractivity contribution in [2.45, 2.75) is 6.92 Å². The Balaban J connectivity index is 1.81. The van der Waals surface area contributed by atoms with E-state index in [0.717, 1.165) is 11.1 Å². The molecule has 0 aliphatic carbocycles. The summed E-state index contributed by atoms with van der Waals surface area (Å²) in [6.45, 7) is 1.67. The Kier molecular flexibility index (Phi) is 5.98. The van der Waals surface area contributed by atoms with Crippen molar-refractivity contribution in [3.05, 3.63) is 75.5 Å². The number of benzene rings is 3. The Morgan fingerprint density at radius 2 is 1.67 bits per heavy atom. The van der Waals surface area contributed by atoms with Gasteiger partial charge in [-0.1, -0.05) is 48.0 Å². The number of methoxy groups -OCH3 is 1. The monoisotopic (exact) mass is 465 g/mol. The molecule has 3 aromatic carbocycles. The van der Waals surface area contributed by atoms with Crippen molar-refractivity contribution >= 4 is 28.5 Å². The summed E-state index contributed by atoms with van der Waals surface area (Å²) in [6.07, 6.45) is 0. The first-order valence-electron chi connectivity index (χ1n) is 10.1. The number of phenols is 1. The van der Waals surface area contributed by atoms with E-state index in [1.54, 1.807) is 31.2 Å². The van der Waals surface area contributed by atoms with Gasteiger partial charge in [0.1, 0.15) is 5.75 Å². The maximum absolute atomic E-state index is 12.3. The summed E-state index contributed by atoms with van der Waals surface area (Å²) >= 11 is 6.46. The molecule has 0 amide bonds. The van der Waals surface area contributed by atoms with Crippen LogP contribution in [-0.2, 0) is 4.74 Å². The molecule has 0 saturated carbocycles. The molecule has 1 aromatic heterocycles. The van der Waals surface area contributed by atoms with E-state index in [1.165, 1.54) is 13.2 Å². The fourth-order valence-electron chi connectivity index (χ4n) is 3.66. The van der Waals surface area contributed by atoms with Crippen LogP contribution in [0.25, 0.3) is 33.2 Å². The molecule has 0 aliphatic heterocycles. The van der Waals surface area contributed by atoms with Gasteiger partial charge in [-0.05, 0) is 36.2 Å². The number of aromatic amines is 1. The number of aromatic nitrogens is 1. The highest BCUT2D eigenvalue weighted by atomic mass is 35.5. The van der Waals surface area contributed by atoms with Crippen molar-refractivity contribution in [1.82, 2.24) is 4.98 Å². The molecule has 0 aliphatic rings. The third-order valence-electron chi connectivity index (χ3n) is 5.28. The number of fused-ring (bicyclic) bond motifs is 1. The summed E-state index contributed by atoms with van der Waals surface area (Å²) in [6, 6.07) is 15.6. The predicted octanol–water partition coefficient (Wildman–Crippen LogP) is 5.11. The summed E-state index contributed by atoms with van der Waals surface area (Å²) in [5, 5.41) is 21.7. The number of aromatic hydroxyl groups is 2. The Morgan fingerprint density at radius 3 is 2.30 bits per heavy atom. The number of ether oxygens (including phenoxy) is 2. The van der Waals surface area contributed by atoms with E-state index in [4.69, 9.17) is 21.1 Å². The third kappa shape index (κ3) is 3.99. The molecule has 0 atom stereocenters. The average molecular weight is 466 g/mol. The topological polar surface area (TPSA) is 109 Å². The molecule has 4 rings (SSSR count). The fourth-order valence-corrected chi connectivity index (χ4v) is 3.94. The van der Waals surface area contributed by atoms with E-state index >= 15 is 0 Å². The number of halogens is 1. The number of phenolic OH excluding ortho intramolecular Hbond substituents is 1. The van der Waals surface area contributed by atoms with Crippen molar-refractivity contribution < 1.29 is 24.5 Å². The number of pyridine rings is 1. The van der Waals surface area contributed by atoms with Gasteiger partial charge < -0.3 is 24.7 Å². The van der Waals surface area contributed by atoms with Crippen LogP contribution in [-0.4, -0.2) is 34.9 Å². The van der Waals surface area contributed by atoms with Gasteiger partial charge in [0.15, 0.2) is 17.1 Å². The van der Waals surface area contributed by atoms with Crippen LogP contribution in [0.5, 0.6) is 17.2 Å². The van der Waals surface area contributed by atoms with Crippen LogP contribution in [0.2, 0.25) is 5.02 Å². The molecule has 0 spiro atoms. The summed E-state index contributed by atoms with van der Waals surface area (Å²) in [7, 11) is 1.49. The third-order valence-corrected chi connectivity index (χ3v) is 5.59. The van der Waals surface area contributed by atoms with E-state index in [1.807, 2.05) is 24.3 Å². The van der Waals surface area contributed by atoms with Gasteiger partial charge in [-0.25, -0.2) is 4.79 Å². The molecule has 33 heavy (non-hydrogen) atoms. The summed E-state index contributed by atoms with van der Waals surface area (Å²) in [5.74, 6) is -0.965. The summed E-state index contributed by atoms with van der Waals surface area (Å²) in [4.78, 5) is 27.0. The van der Waals surface area contributed by atoms with Crippen LogP contribution in [0.15, 0.2) is 59.4 Å². The van der Waals surface area contributed by atoms with Crippen LogP contribution < -0.4 is 10.3 Å². The molecule has 7 nitrogen and oxygen atoms in total. The Hall–Kier alpha value is -3.97. The van der Waals surface area contributed by atoms with Crippen LogP contribution in [0.4, 0.5) is 0 Å². The Labute approximate surface area is 193 Å². The van der Waals surface area contributed by atoms with Crippen LogP contribution >= 0.6 is 11.6 Å². The molecule has 0 radical (unpaired) electrons. The second-order valence-electron chi connectivity index (χ2n) is 7.21. The zero-order valence-corrected chi connectivity index (χ0v) is 18.6. The van der Waals surface area contributed by atoms with Gasteiger partial charge in [-0.15, -0.1) is 0 Å². The molecule has 8 heteroatoms. The predicted molar refractivity (Wildman–Crippen MR) is 126 cm³/mol. The second-order valence-corrected chi connectivity index (χ2v) is 7.62. The second kappa shape index (κ2) is 8.88. The number of hydrogen-bond donors (Lipinski definition) is 3. The molecule has 168 valence electrons. The first-order valence-corrected chi connectivity index (χ1v) is 10.5. The lowest BCUT2D eigenvalue weighted by Gasteiger charge is -2.12.